The number of hydrogen-bond acceptors (Lipinski definition) is 8. The highest BCUT2D eigenvalue weighted by molar-refractivity contribution is 7.99. The first-order valence-electron chi connectivity index (χ1n) is 9.82. The number of carbonyl (C=O) groups excluding carboxylic acids is 4. The van der Waals surface area contributed by atoms with Gasteiger partial charge < -0.3 is 19.3 Å². The van der Waals surface area contributed by atoms with Crippen molar-refractivity contribution in [3.63, 3.8) is 0 Å². The molecule has 3 aliphatic heterocycles. The average molecular weight is 466 g/mol. The van der Waals surface area contributed by atoms with Gasteiger partial charge in [-0.3, -0.25) is 24.1 Å². The van der Waals surface area contributed by atoms with Crippen LogP contribution in [0.25, 0.3) is 0 Å². The maximum atomic E-state index is 12.9. The Morgan fingerprint density at radius 2 is 1.90 bits per heavy atom. The van der Waals surface area contributed by atoms with Crippen LogP contribution in [0, 0.1) is 0 Å². The second kappa shape index (κ2) is 8.99. The normalized spacial score (nSPS) is 20.5. The Kier molecular flexibility index (Phi) is 6.33. The van der Waals surface area contributed by atoms with Crippen LogP contribution < -0.4 is 9.47 Å². The Morgan fingerprint density at radius 3 is 2.58 bits per heavy atom. The summed E-state index contributed by atoms with van der Waals surface area (Å²) in [7, 11) is 2.86. The van der Waals surface area contributed by atoms with Gasteiger partial charge in [0, 0.05) is 31.0 Å². The number of amides is 4. The van der Waals surface area contributed by atoms with Gasteiger partial charge in [-0.15, -0.1) is 23.5 Å². The van der Waals surface area contributed by atoms with Crippen molar-refractivity contribution in [1.29, 1.82) is 0 Å². The van der Waals surface area contributed by atoms with Crippen LogP contribution in [0.1, 0.15) is 27.1 Å². The number of carbonyl (C=O) groups is 4. The molecule has 9 nitrogen and oxygen atoms in total. The van der Waals surface area contributed by atoms with Crippen molar-refractivity contribution in [2.24, 2.45) is 0 Å². The molecule has 0 spiro atoms. The molecule has 31 heavy (non-hydrogen) atoms. The van der Waals surface area contributed by atoms with Crippen LogP contribution in [0.2, 0.25) is 0 Å². The number of nitrogens with zero attached hydrogens (tertiary/aromatic N) is 3. The summed E-state index contributed by atoms with van der Waals surface area (Å²) in [5.74, 6) is 1.88. The van der Waals surface area contributed by atoms with E-state index < -0.39 is 17.9 Å². The fraction of sp³-hybridized carbons (Fsp3) is 0.500. The first kappa shape index (κ1) is 21.8. The fourth-order valence-corrected chi connectivity index (χ4v) is 6.06. The van der Waals surface area contributed by atoms with Crippen molar-refractivity contribution in [2.45, 2.75) is 12.5 Å². The van der Waals surface area contributed by atoms with Gasteiger partial charge >= 0.3 is 0 Å². The van der Waals surface area contributed by atoms with E-state index in [9.17, 15) is 19.2 Å². The van der Waals surface area contributed by atoms with E-state index in [0.29, 0.717) is 29.8 Å². The number of benzene rings is 1. The molecular formula is C20H23N3O6S2. The molecule has 0 bridgehead atoms. The number of fused-ring (bicyclic) bond motifs is 1. The molecule has 11 heteroatoms. The van der Waals surface area contributed by atoms with Crippen LogP contribution in [-0.2, 0) is 9.59 Å². The zero-order chi connectivity index (χ0) is 22.1. The Balaban J connectivity index is 1.44. The third-order valence-electron chi connectivity index (χ3n) is 5.58. The van der Waals surface area contributed by atoms with E-state index in [1.165, 1.54) is 32.0 Å². The highest BCUT2D eigenvalue weighted by Gasteiger charge is 2.41. The van der Waals surface area contributed by atoms with Gasteiger partial charge in [0.1, 0.15) is 6.04 Å². The van der Waals surface area contributed by atoms with Gasteiger partial charge in [-0.25, -0.2) is 0 Å². The quantitative estimate of drug-likeness (QED) is 0.577. The second-order valence-corrected chi connectivity index (χ2v) is 9.33. The van der Waals surface area contributed by atoms with E-state index in [1.807, 2.05) is 0 Å². The lowest BCUT2D eigenvalue weighted by Crippen LogP contribution is -2.48. The number of rotatable bonds is 6. The second-order valence-electron chi connectivity index (χ2n) is 7.25. The summed E-state index contributed by atoms with van der Waals surface area (Å²) in [6.45, 7) is 0.644. The molecule has 0 radical (unpaired) electrons. The van der Waals surface area contributed by atoms with Gasteiger partial charge in [0.15, 0.2) is 11.5 Å². The summed E-state index contributed by atoms with van der Waals surface area (Å²) >= 11 is 3.24. The molecule has 1 atom stereocenters. The van der Waals surface area contributed by atoms with Crippen LogP contribution in [-0.4, -0.2) is 94.9 Å². The maximum Gasteiger partial charge on any atom is 0.265 e. The maximum absolute atomic E-state index is 12.9. The standard InChI is InChI=1S/C20H23N3O6S2/c1-28-14-4-3-12-16(17(14)29-2)20(27)22(18(12)25)6-5-15(24)23-11-31-9-13(23)19(26)21-7-8-30-10-21/h3-4,13H,5-11H2,1-2H3/t13-/m0/s1. The van der Waals surface area contributed by atoms with Crippen molar-refractivity contribution in [2.75, 3.05) is 50.6 Å². The monoisotopic (exact) mass is 465 g/mol. The number of methoxy groups -OCH3 is 2. The summed E-state index contributed by atoms with van der Waals surface area (Å²) in [4.78, 5) is 55.7. The fourth-order valence-electron chi connectivity index (χ4n) is 3.94. The molecule has 3 aliphatic rings. The topological polar surface area (TPSA) is 96.5 Å². The first-order valence-corrected chi connectivity index (χ1v) is 12.1. The SMILES string of the molecule is COc1ccc2c(c1OC)C(=O)N(CCC(=O)N1CSC[C@H]1C(=O)N1CCSC1)C2=O. The Morgan fingerprint density at radius 1 is 1.10 bits per heavy atom. The van der Waals surface area contributed by atoms with E-state index in [2.05, 4.69) is 0 Å². The summed E-state index contributed by atoms with van der Waals surface area (Å²) in [5, 5.41) is 0. The Labute approximate surface area is 188 Å². The van der Waals surface area contributed by atoms with Gasteiger partial charge in [0.2, 0.25) is 11.8 Å². The smallest absolute Gasteiger partial charge is 0.265 e. The van der Waals surface area contributed by atoms with Crippen molar-refractivity contribution in [1.82, 2.24) is 14.7 Å². The van der Waals surface area contributed by atoms with E-state index in [1.54, 1.807) is 27.6 Å². The Bertz CT molecular complexity index is 934. The summed E-state index contributed by atoms with van der Waals surface area (Å²) in [5.41, 5.74) is 0.377. The highest BCUT2D eigenvalue weighted by Crippen LogP contribution is 2.38. The zero-order valence-electron chi connectivity index (χ0n) is 17.3. The lowest BCUT2D eigenvalue weighted by Gasteiger charge is -2.27. The van der Waals surface area contributed by atoms with Gasteiger partial charge in [-0.05, 0) is 12.1 Å². The lowest BCUT2D eigenvalue weighted by molar-refractivity contribution is -0.142. The largest absolute Gasteiger partial charge is 0.493 e. The molecule has 2 fully saturated rings. The minimum atomic E-state index is -0.513. The van der Waals surface area contributed by atoms with Crippen LogP contribution >= 0.6 is 23.5 Å². The predicted octanol–water partition coefficient (Wildman–Crippen LogP) is 1.12. The van der Waals surface area contributed by atoms with Crippen molar-refractivity contribution >= 4 is 47.2 Å². The van der Waals surface area contributed by atoms with Gasteiger partial charge in [-0.2, -0.15) is 0 Å². The number of imide groups is 1. The summed E-state index contributed by atoms with van der Waals surface area (Å²) in [6.07, 6.45) is -0.0377. The third kappa shape index (κ3) is 3.84. The van der Waals surface area contributed by atoms with E-state index >= 15 is 0 Å². The summed E-state index contributed by atoms with van der Waals surface area (Å²) in [6, 6.07) is 2.62. The van der Waals surface area contributed by atoms with Crippen LogP contribution in [0.4, 0.5) is 0 Å². The van der Waals surface area contributed by atoms with E-state index in [4.69, 9.17) is 9.47 Å². The molecule has 0 aromatic heterocycles. The lowest BCUT2D eigenvalue weighted by atomic mass is 10.1. The molecule has 0 unspecified atom stereocenters. The predicted molar refractivity (Wildman–Crippen MR) is 117 cm³/mol. The number of ether oxygens (including phenoxy) is 2. The van der Waals surface area contributed by atoms with E-state index in [-0.39, 0.29) is 41.7 Å². The van der Waals surface area contributed by atoms with Gasteiger partial charge in [0.05, 0.1) is 37.1 Å². The van der Waals surface area contributed by atoms with Gasteiger partial charge in [0.25, 0.3) is 11.8 Å². The Hall–Kier alpha value is -2.40. The van der Waals surface area contributed by atoms with Crippen LogP contribution in [0.5, 0.6) is 11.5 Å². The molecule has 4 rings (SSSR count). The third-order valence-corrected chi connectivity index (χ3v) is 7.56. The van der Waals surface area contributed by atoms with Crippen LogP contribution in [0.3, 0.4) is 0 Å². The molecule has 3 heterocycles. The molecule has 2 saturated heterocycles. The molecular weight excluding hydrogens is 442 g/mol. The van der Waals surface area contributed by atoms with Crippen molar-refractivity contribution < 1.29 is 28.7 Å². The van der Waals surface area contributed by atoms with Crippen molar-refractivity contribution in [3.8, 4) is 11.5 Å². The number of thioether (sulfide) groups is 2. The first-order chi connectivity index (χ1) is 15.0. The molecule has 4 amide bonds. The number of hydrogen-bond donors (Lipinski definition) is 0. The minimum Gasteiger partial charge on any atom is -0.493 e. The zero-order valence-corrected chi connectivity index (χ0v) is 18.9. The molecule has 0 aliphatic carbocycles. The molecule has 1 aromatic rings. The van der Waals surface area contributed by atoms with E-state index in [0.717, 1.165) is 10.7 Å². The molecule has 0 N–H and O–H groups in total. The van der Waals surface area contributed by atoms with Gasteiger partial charge in [-0.1, -0.05) is 0 Å². The average Bonchev–Trinajstić information content (AvgIpc) is 3.52. The minimum absolute atomic E-state index is 0.0269. The van der Waals surface area contributed by atoms with Crippen LogP contribution in [0.15, 0.2) is 12.1 Å². The molecule has 0 saturated carbocycles. The van der Waals surface area contributed by atoms with Crippen molar-refractivity contribution in [3.05, 3.63) is 23.3 Å². The summed E-state index contributed by atoms with van der Waals surface area (Å²) < 4.78 is 10.5. The highest BCUT2D eigenvalue weighted by atomic mass is 32.2. The molecule has 166 valence electrons. The molecule has 1 aromatic carbocycles.